The van der Waals surface area contributed by atoms with Gasteiger partial charge >= 0.3 is 0 Å². The normalized spacial score (nSPS) is 18.8. The van der Waals surface area contributed by atoms with Crippen LogP contribution in [0.25, 0.3) is 0 Å². The first-order chi connectivity index (χ1) is 11.6. The molecule has 2 rings (SSSR count). The minimum absolute atomic E-state index is 0. The van der Waals surface area contributed by atoms with Crippen LogP contribution < -0.4 is 10.6 Å². The molecule has 1 aromatic carbocycles. The predicted octanol–water partition coefficient (Wildman–Crippen LogP) is 2.81. The van der Waals surface area contributed by atoms with Crippen LogP contribution in [0.5, 0.6) is 0 Å². The van der Waals surface area contributed by atoms with Crippen molar-refractivity contribution in [2.24, 2.45) is 4.99 Å². The van der Waals surface area contributed by atoms with E-state index in [0.29, 0.717) is 12.1 Å². The lowest BCUT2D eigenvalue weighted by atomic mass is 10.0. The maximum absolute atomic E-state index is 5.65. The molecule has 2 N–H and O–H groups in total. The van der Waals surface area contributed by atoms with E-state index in [1.807, 2.05) is 7.05 Å². The van der Waals surface area contributed by atoms with E-state index in [1.54, 1.807) is 0 Å². The Morgan fingerprint density at radius 3 is 2.52 bits per heavy atom. The van der Waals surface area contributed by atoms with Crippen molar-refractivity contribution in [2.45, 2.75) is 38.3 Å². The first-order valence-corrected chi connectivity index (χ1v) is 8.95. The van der Waals surface area contributed by atoms with Crippen LogP contribution in [-0.4, -0.2) is 57.8 Å². The Balaban J connectivity index is 0.00000312. The Hall–Kier alpha value is -0.860. The maximum atomic E-state index is 5.65. The van der Waals surface area contributed by atoms with Crippen LogP contribution in [0.4, 0.5) is 0 Å². The second-order valence-corrected chi connectivity index (χ2v) is 6.54. The average Bonchev–Trinajstić information content (AvgIpc) is 3.11. The van der Waals surface area contributed by atoms with Gasteiger partial charge in [-0.3, -0.25) is 4.99 Å². The molecule has 2 unspecified atom stereocenters. The molecular formula is C19H33IN4O. The van der Waals surface area contributed by atoms with Crippen LogP contribution in [0.15, 0.2) is 29.3 Å². The molecular weight excluding hydrogens is 427 g/mol. The Kier molecular flexibility index (Phi) is 10.4. The Bertz CT molecular complexity index is 513. The van der Waals surface area contributed by atoms with E-state index in [9.17, 15) is 0 Å². The standard InChI is InChI=1S/C19H32N4O.HI/c1-5-15-8-10-16(11-9-15)18(23(3)4)14-22-19(20-2)21-13-17-7-6-12-24-17;/h8-11,17-18H,5-7,12-14H2,1-4H3,(H2,20,21,22);1H. The van der Waals surface area contributed by atoms with Crippen molar-refractivity contribution >= 4 is 29.9 Å². The third kappa shape index (κ3) is 7.11. The van der Waals surface area contributed by atoms with E-state index in [1.165, 1.54) is 11.1 Å². The zero-order valence-corrected chi connectivity index (χ0v) is 18.2. The fourth-order valence-electron chi connectivity index (χ4n) is 3.00. The summed E-state index contributed by atoms with van der Waals surface area (Å²) in [5.74, 6) is 0.836. The van der Waals surface area contributed by atoms with Gasteiger partial charge in [-0.05, 0) is 44.5 Å². The molecule has 1 aliphatic heterocycles. The lowest BCUT2D eigenvalue weighted by Gasteiger charge is -2.26. The van der Waals surface area contributed by atoms with Gasteiger partial charge in [-0.15, -0.1) is 24.0 Å². The Morgan fingerprint density at radius 2 is 2.00 bits per heavy atom. The summed E-state index contributed by atoms with van der Waals surface area (Å²) in [6, 6.07) is 9.20. The molecule has 1 fully saturated rings. The van der Waals surface area contributed by atoms with Gasteiger partial charge in [-0.1, -0.05) is 31.2 Å². The Labute approximate surface area is 169 Å². The summed E-state index contributed by atoms with van der Waals surface area (Å²) < 4.78 is 5.65. The van der Waals surface area contributed by atoms with E-state index in [2.05, 4.69) is 65.8 Å². The van der Waals surface area contributed by atoms with E-state index in [0.717, 1.165) is 44.9 Å². The number of hydrogen-bond donors (Lipinski definition) is 2. The summed E-state index contributed by atoms with van der Waals surface area (Å²) >= 11 is 0. The quantitative estimate of drug-likeness (QED) is 0.373. The zero-order valence-electron chi connectivity index (χ0n) is 15.9. The van der Waals surface area contributed by atoms with Gasteiger partial charge in [-0.25, -0.2) is 0 Å². The summed E-state index contributed by atoms with van der Waals surface area (Å²) in [6.07, 6.45) is 3.68. The minimum atomic E-state index is 0. The predicted molar refractivity (Wildman–Crippen MR) is 116 cm³/mol. The number of hydrogen-bond acceptors (Lipinski definition) is 3. The second-order valence-electron chi connectivity index (χ2n) is 6.54. The van der Waals surface area contributed by atoms with Crippen molar-refractivity contribution in [1.29, 1.82) is 0 Å². The van der Waals surface area contributed by atoms with Gasteiger partial charge in [0.25, 0.3) is 0 Å². The molecule has 142 valence electrons. The number of benzene rings is 1. The number of nitrogens with zero attached hydrogens (tertiary/aromatic N) is 2. The van der Waals surface area contributed by atoms with Crippen molar-refractivity contribution in [1.82, 2.24) is 15.5 Å². The molecule has 0 amide bonds. The summed E-state index contributed by atoms with van der Waals surface area (Å²) in [6.45, 7) is 4.69. The monoisotopic (exact) mass is 460 g/mol. The molecule has 1 aromatic rings. The summed E-state index contributed by atoms with van der Waals surface area (Å²) in [5, 5.41) is 6.81. The van der Waals surface area contributed by atoms with E-state index < -0.39 is 0 Å². The number of nitrogens with one attached hydrogen (secondary N) is 2. The van der Waals surface area contributed by atoms with Crippen LogP contribution in [0, 0.1) is 0 Å². The fourth-order valence-corrected chi connectivity index (χ4v) is 3.00. The number of likely N-dealkylation sites (N-methyl/N-ethyl adjacent to an activating group) is 1. The van der Waals surface area contributed by atoms with Gasteiger partial charge < -0.3 is 20.3 Å². The lowest BCUT2D eigenvalue weighted by molar-refractivity contribution is 0.113. The smallest absolute Gasteiger partial charge is 0.191 e. The number of aliphatic imine (C=N–C) groups is 1. The molecule has 0 radical (unpaired) electrons. The first-order valence-electron chi connectivity index (χ1n) is 8.95. The molecule has 0 saturated carbocycles. The van der Waals surface area contributed by atoms with Crippen molar-refractivity contribution in [3.63, 3.8) is 0 Å². The lowest BCUT2D eigenvalue weighted by Crippen LogP contribution is -2.44. The first kappa shape index (κ1) is 22.2. The SMILES string of the molecule is CCc1ccc(C(CNC(=NC)NCC2CCCO2)N(C)C)cc1.I. The Morgan fingerprint density at radius 1 is 1.28 bits per heavy atom. The molecule has 1 aliphatic rings. The number of rotatable bonds is 7. The zero-order chi connectivity index (χ0) is 17.4. The van der Waals surface area contributed by atoms with Crippen LogP contribution in [-0.2, 0) is 11.2 Å². The molecule has 0 aromatic heterocycles. The van der Waals surface area contributed by atoms with Gasteiger partial charge in [0.2, 0.25) is 0 Å². The number of ether oxygens (including phenoxy) is 1. The van der Waals surface area contributed by atoms with Crippen LogP contribution in [0.3, 0.4) is 0 Å². The van der Waals surface area contributed by atoms with E-state index in [4.69, 9.17) is 4.74 Å². The highest BCUT2D eigenvalue weighted by atomic mass is 127. The van der Waals surface area contributed by atoms with Gasteiger partial charge in [0.1, 0.15) is 0 Å². The second kappa shape index (κ2) is 11.7. The van der Waals surface area contributed by atoms with E-state index in [-0.39, 0.29) is 24.0 Å². The highest BCUT2D eigenvalue weighted by molar-refractivity contribution is 14.0. The van der Waals surface area contributed by atoms with Crippen LogP contribution in [0.2, 0.25) is 0 Å². The van der Waals surface area contributed by atoms with Crippen molar-refractivity contribution < 1.29 is 4.74 Å². The molecule has 5 nitrogen and oxygen atoms in total. The van der Waals surface area contributed by atoms with Gasteiger partial charge in [0, 0.05) is 26.7 Å². The molecule has 0 spiro atoms. The number of halogens is 1. The van der Waals surface area contributed by atoms with Crippen LogP contribution >= 0.6 is 24.0 Å². The van der Waals surface area contributed by atoms with Gasteiger partial charge in [0.05, 0.1) is 12.1 Å². The average molecular weight is 460 g/mol. The summed E-state index contributed by atoms with van der Waals surface area (Å²) in [4.78, 5) is 6.56. The fraction of sp³-hybridized carbons (Fsp3) is 0.632. The molecule has 1 heterocycles. The van der Waals surface area contributed by atoms with E-state index >= 15 is 0 Å². The van der Waals surface area contributed by atoms with Gasteiger partial charge in [-0.2, -0.15) is 0 Å². The molecule has 25 heavy (non-hydrogen) atoms. The summed E-state index contributed by atoms with van der Waals surface area (Å²) in [5.41, 5.74) is 2.69. The summed E-state index contributed by atoms with van der Waals surface area (Å²) in [7, 11) is 6.04. The molecule has 0 bridgehead atoms. The molecule has 1 saturated heterocycles. The number of guanidine groups is 1. The molecule has 6 heteroatoms. The third-order valence-corrected chi connectivity index (χ3v) is 4.60. The molecule has 0 aliphatic carbocycles. The van der Waals surface area contributed by atoms with Crippen LogP contribution in [0.1, 0.15) is 36.9 Å². The third-order valence-electron chi connectivity index (χ3n) is 4.60. The highest BCUT2D eigenvalue weighted by Gasteiger charge is 2.17. The highest BCUT2D eigenvalue weighted by Crippen LogP contribution is 2.18. The topological polar surface area (TPSA) is 48.9 Å². The van der Waals surface area contributed by atoms with Crippen molar-refractivity contribution in [2.75, 3.05) is 40.8 Å². The largest absolute Gasteiger partial charge is 0.376 e. The van der Waals surface area contributed by atoms with Gasteiger partial charge in [0.15, 0.2) is 5.96 Å². The minimum Gasteiger partial charge on any atom is -0.376 e. The van der Waals surface area contributed by atoms with Crippen molar-refractivity contribution in [3.05, 3.63) is 35.4 Å². The molecule has 2 atom stereocenters. The number of aryl methyl sites for hydroxylation is 1. The maximum Gasteiger partial charge on any atom is 0.191 e. The van der Waals surface area contributed by atoms with Crippen molar-refractivity contribution in [3.8, 4) is 0 Å².